The number of hydrogen-bond donors (Lipinski definition) is 0. The van der Waals surface area contributed by atoms with Crippen LogP contribution in [0.4, 0.5) is 0 Å². The number of morpholine rings is 1. The zero-order chi connectivity index (χ0) is 15.0. The van der Waals surface area contributed by atoms with Crippen LogP contribution >= 0.6 is 11.6 Å². The van der Waals surface area contributed by atoms with Gasteiger partial charge in [0.25, 0.3) is 5.91 Å². The second kappa shape index (κ2) is 5.62. The van der Waals surface area contributed by atoms with Crippen LogP contribution in [-0.2, 0) is 4.74 Å². The van der Waals surface area contributed by atoms with Gasteiger partial charge < -0.3 is 9.64 Å². The van der Waals surface area contributed by atoms with Gasteiger partial charge in [0.2, 0.25) is 0 Å². The molecule has 21 heavy (non-hydrogen) atoms. The lowest BCUT2D eigenvalue weighted by molar-refractivity contribution is 0.0303. The Balaban J connectivity index is 2.06. The Bertz CT molecular complexity index is 709. The smallest absolute Gasteiger partial charge is 0.257 e. The van der Waals surface area contributed by atoms with Gasteiger partial charge in [0.1, 0.15) is 5.15 Å². The SMILES string of the molecule is Cc1cc(C)c2nc(Cl)c(C(=O)N3CCOCC3)cc2c1. The maximum atomic E-state index is 12.6. The van der Waals surface area contributed by atoms with E-state index in [-0.39, 0.29) is 11.1 Å². The number of aryl methyl sites for hydroxylation is 2. The van der Waals surface area contributed by atoms with Gasteiger partial charge in [0.15, 0.2) is 0 Å². The highest BCUT2D eigenvalue weighted by Crippen LogP contribution is 2.25. The van der Waals surface area contributed by atoms with Crippen LogP contribution in [0.15, 0.2) is 18.2 Å². The monoisotopic (exact) mass is 304 g/mol. The van der Waals surface area contributed by atoms with Gasteiger partial charge in [-0.25, -0.2) is 4.98 Å². The van der Waals surface area contributed by atoms with E-state index in [4.69, 9.17) is 16.3 Å². The van der Waals surface area contributed by atoms with Gasteiger partial charge in [-0.1, -0.05) is 23.2 Å². The molecule has 0 aliphatic carbocycles. The summed E-state index contributed by atoms with van der Waals surface area (Å²) in [4.78, 5) is 18.8. The number of carbonyl (C=O) groups is 1. The molecule has 1 aromatic heterocycles. The molecule has 0 saturated carbocycles. The number of pyridine rings is 1. The summed E-state index contributed by atoms with van der Waals surface area (Å²) in [5.74, 6) is -0.0724. The number of halogens is 1. The first-order chi connectivity index (χ1) is 10.1. The quantitative estimate of drug-likeness (QED) is 0.761. The molecule has 3 rings (SSSR count). The van der Waals surface area contributed by atoms with Gasteiger partial charge in [-0.3, -0.25) is 4.79 Å². The second-order valence-corrected chi connectivity index (χ2v) is 5.74. The number of rotatable bonds is 1. The third-order valence-electron chi connectivity index (χ3n) is 3.74. The third-order valence-corrected chi connectivity index (χ3v) is 4.02. The summed E-state index contributed by atoms with van der Waals surface area (Å²) < 4.78 is 5.28. The zero-order valence-electron chi connectivity index (χ0n) is 12.1. The van der Waals surface area contributed by atoms with Crippen molar-refractivity contribution < 1.29 is 9.53 Å². The molecule has 1 aliphatic heterocycles. The van der Waals surface area contributed by atoms with Crippen molar-refractivity contribution in [3.63, 3.8) is 0 Å². The minimum Gasteiger partial charge on any atom is -0.378 e. The molecule has 4 nitrogen and oxygen atoms in total. The summed E-state index contributed by atoms with van der Waals surface area (Å²) in [7, 11) is 0. The fraction of sp³-hybridized carbons (Fsp3) is 0.375. The standard InChI is InChI=1S/C16H17ClN2O2/c1-10-7-11(2)14-12(8-10)9-13(15(17)18-14)16(20)19-3-5-21-6-4-19/h7-9H,3-6H2,1-2H3. The van der Waals surface area contributed by atoms with Crippen molar-refractivity contribution in [2.24, 2.45) is 0 Å². The van der Waals surface area contributed by atoms with E-state index in [0.717, 1.165) is 22.0 Å². The fourth-order valence-corrected chi connectivity index (χ4v) is 2.94. The van der Waals surface area contributed by atoms with E-state index in [1.807, 2.05) is 26.0 Å². The lowest BCUT2D eigenvalue weighted by Crippen LogP contribution is -2.40. The molecule has 1 aliphatic rings. The molecule has 5 heteroatoms. The highest BCUT2D eigenvalue weighted by Gasteiger charge is 2.22. The average molecular weight is 305 g/mol. The summed E-state index contributed by atoms with van der Waals surface area (Å²) in [6.45, 7) is 6.37. The highest BCUT2D eigenvalue weighted by atomic mass is 35.5. The van der Waals surface area contributed by atoms with Crippen molar-refractivity contribution in [3.05, 3.63) is 40.0 Å². The molecule has 0 N–H and O–H groups in total. The van der Waals surface area contributed by atoms with Gasteiger partial charge in [0.05, 0.1) is 24.3 Å². The summed E-state index contributed by atoms with van der Waals surface area (Å²) in [6.07, 6.45) is 0. The van der Waals surface area contributed by atoms with E-state index in [1.165, 1.54) is 0 Å². The summed E-state index contributed by atoms with van der Waals surface area (Å²) in [5.41, 5.74) is 3.53. The molecule has 1 aromatic carbocycles. The van der Waals surface area contributed by atoms with Crippen LogP contribution in [0.2, 0.25) is 5.15 Å². The van der Waals surface area contributed by atoms with Crippen LogP contribution in [0.5, 0.6) is 0 Å². The molecule has 0 atom stereocenters. The summed E-state index contributed by atoms with van der Waals surface area (Å²) in [6, 6.07) is 5.94. The van der Waals surface area contributed by atoms with Crippen LogP contribution in [0.3, 0.4) is 0 Å². The highest BCUT2D eigenvalue weighted by molar-refractivity contribution is 6.33. The second-order valence-electron chi connectivity index (χ2n) is 5.38. The topological polar surface area (TPSA) is 42.4 Å². The van der Waals surface area contributed by atoms with E-state index in [1.54, 1.807) is 4.90 Å². The number of nitrogens with zero attached hydrogens (tertiary/aromatic N) is 2. The molecule has 1 saturated heterocycles. The van der Waals surface area contributed by atoms with Gasteiger partial charge in [0, 0.05) is 18.5 Å². The van der Waals surface area contributed by atoms with Crippen LogP contribution in [0, 0.1) is 13.8 Å². The van der Waals surface area contributed by atoms with Crippen LogP contribution in [0.25, 0.3) is 10.9 Å². The Hall–Kier alpha value is -1.65. The van der Waals surface area contributed by atoms with Crippen molar-refractivity contribution in [1.29, 1.82) is 0 Å². The maximum absolute atomic E-state index is 12.6. The Morgan fingerprint density at radius 2 is 1.95 bits per heavy atom. The predicted octanol–water partition coefficient (Wildman–Crippen LogP) is 2.98. The van der Waals surface area contributed by atoms with Crippen molar-refractivity contribution in [2.75, 3.05) is 26.3 Å². The van der Waals surface area contributed by atoms with Crippen LogP contribution in [0.1, 0.15) is 21.5 Å². The lowest BCUT2D eigenvalue weighted by Gasteiger charge is -2.27. The first-order valence-corrected chi connectivity index (χ1v) is 7.38. The van der Waals surface area contributed by atoms with E-state index < -0.39 is 0 Å². The molecule has 0 unspecified atom stereocenters. The van der Waals surface area contributed by atoms with Crippen molar-refractivity contribution >= 4 is 28.4 Å². The minimum absolute atomic E-state index is 0.0724. The summed E-state index contributed by atoms with van der Waals surface area (Å²) >= 11 is 6.24. The molecule has 2 aromatic rings. The van der Waals surface area contributed by atoms with E-state index in [0.29, 0.717) is 31.9 Å². The van der Waals surface area contributed by atoms with E-state index in [2.05, 4.69) is 11.1 Å². The van der Waals surface area contributed by atoms with Gasteiger partial charge in [-0.2, -0.15) is 0 Å². The Morgan fingerprint density at radius 1 is 1.24 bits per heavy atom. The number of aromatic nitrogens is 1. The molecule has 1 amide bonds. The third kappa shape index (κ3) is 2.74. The number of ether oxygens (including phenoxy) is 1. The number of benzene rings is 1. The molecule has 2 heterocycles. The number of carbonyl (C=O) groups excluding carboxylic acids is 1. The Morgan fingerprint density at radius 3 is 2.67 bits per heavy atom. The maximum Gasteiger partial charge on any atom is 0.257 e. The first-order valence-electron chi connectivity index (χ1n) is 7.01. The first kappa shape index (κ1) is 14.3. The summed E-state index contributed by atoms with van der Waals surface area (Å²) in [5, 5.41) is 1.22. The van der Waals surface area contributed by atoms with Gasteiger partial charge >= 0.3 is 0 Å². The Kier molecular flexibility index (Phi) is 3.83. The lowest BCUT2D eigenvalue weighted by atomic mass is 10.0. The molecule has 1 fully saturated rings. The molecule has 0 spiro atoms. The number of hydrogen-bond acceptors (Lipinski definition) is 3. The largest absolute Gasteiger partial charge is 0.378 e. The van der Waals surface area contributed by atoms with Gasteiger partial charge in [-0.15, -0.1) is 0 Å². The fourth-order valence-electron chi connectivity index (χ4n) is 2.72. The molecule has 0 bridgehead atoms. The molecular weight excluding hydrogens is 288 g/mol. The van der Waals surface area contributed by atoms with Crippen molar-refractivity contribution in [3.8, 4) is 0 Å². The molecule has 110 valence electrons. The van der Waals surface area contributed by atoms with E-state index in [9.17, 15) is 4.79 Å². The molecular formula is C16H17ClN2O2. The van der Waals surface area contributed by atoms with Crippen LogP contribution < -0.4 is 0 Å². The average Bonchev–Trinajstić information content (AvgIpc) is 2.48. The van der Waals surface area contributed by atoms with Crippen molar-refractivity contribution in [1.82, 2.24) is 9.88 Å². The normalized spacial score (nSPS) is 15.5. The number of fused-ring (bicyclic) bond motifs is 1. The zero-order valence-corrected chi connectivity index (χ0v) is 12.9. The van der Waals surface area contributed by atoms with Gasteiger partial charge in [-0.05, 0) is 31.5 Å². The van der Waals surface area contributed by atoms with E-state index >= 15 is 0 Å². The minimum atomic E-state index is -0.0724. The Labute approximate surface area is 128 Å². The predicted molar refractivity (Wildman–Crippen MR) is 82.9 cm³/mol. The number of amides is 1. The van der Waals surface area contributed by atoms with Crippen molar-refractivity contribution in [2.45, 2.75) is 13.8 Å². The molecule has 0 radical (unpaired) electrons. The van der Waals surface area contributed by atoms with Crippen LogP contribution in [-0.4, -0.2) is 42.1 Å².